The smallest absolute Gasteiger partial charge is 0.235 e. The molecule has 0 fully saturated rings. The van der Waals surface area contributed by atoms with Crippen LogP contribution >= 0.6 is 23.1 Å². The number of aromatic nitrogens is 1. The van der Waals surface area contributed by atoms with E-state index in [0.29, 0.717) is 27.1 Å². The first-order valence-corrected chi connectivity index (χ1v) is 13.1. The predicted octanol–water partition coefficient (Wildman–Crippen LogP) is 5.65. The Bertz CT molecular complexity index is 1140. The molecule has 2 heterocycles. The van der Waals surface area contributed by atoms with Crippen molar-refractivity contribution in [1.29, 1.82) is 10.5 Å². The van der Waals surface area contributed by atoms with E-state index >= 15 is 0 Å². The molecule has 166 valence electrons. The highest BCUT2D eigenvalue weighted by Crippen LogP contribution is 2.45. The van der Waals surface area contributed by atoms with Crippen molar-refractivity contribution in [2.75, 3.05) is 11.1 Å². The van der Waals surface area contributed by atoms with Crippen LogP contribution in [-0.2, 0) is 30.5 Å². The average molecular weight is 465 g/mol. The van der Waals surface area contributed by atoms with E-state index < -0.39 is 0 Å². The van der Waals surface area contributed by atoms with Gasteiger partial charge in [-0.15, -0.1) is 11.3 Å². The lowest BCUT2D eigenvalue weighted by Crippen LogP contribution is -2.28. The van der Waals surface area contributed by atoms with Crippen LogP contribution in [0.15, 0.2) is 11.1 Å². The molecule has 0 unspecified atom stereocenters. The van der Waals surface area contributed by atoms with Crippen molar-refractivity contribution in [2.45, 2.75) is 70.7 Å². The Labute approximate surface area is 198 Å². The van der Waals surface area contributed by atoms with Crippen LogP contribution in [-0.4, -0.2) is 16.6 Å². The van der Waals surface area contributed by atoms with Gasteiger partial charge in [0.15, 0.2) is 0 Å². The van der Waals surface area contributed by atoms with Crippen LogP contribution in [0.4, 0.5) is 5.00 Å². The number of rotatable bonds is 6. The molecule has 0 spiro atoms. The first-order chi connectivity index (χ1) is 15.4. The van der Waals surface area contributed by atoms with E-state index in [4.69, 9.17) is 0 Å². The molecular weight excluding hydrogens is 436 g/mol. The number of carbonyl (C=O) groups is 1. The second kappa shape index (κ2) is 9.25. The molecular formula is C25H28N4OS2. The van der Waals surface area contributed by atoms with E-state index in [1.165, 1.54) is 16.6 Å². The van der Waals surface area contributed by atoms with Crippen LogP contribution in [0.2, 0.25) is 0 Å². The molecule has 0 saturated heterocycles. The minimum atomic E-state index is -0.165. The summed E-state index contributed by atoms with van der Waals surface area (Å²) in [6.45, 7) is 6.88. The molecule has 2 aromatic rings. The van der Waals surface area contributed by atoms with Gasteiger partial charge in [-0.3, -0.25) is 4.79 Å². The van der Waals surface area contributed by atoms with Crippen LogP contribution in [0.25, 0.3) is 0 Å². The van der Waals surface area contributed by atoms with Crippen LogP contribution < -0.4 is 5.32 Å². The first-order valence-electron chi connectivity index (χ1n) is 11.3. The fraction of sp³-hybridized carbons (Fsp3) is 0.520. The highest BCUT2D eigenvalue weighted by molar-refractivity contribution is 8.00. The number of nitrogens with zero attached hydrogens (tertiary/aromatic N) is 3. The first kappa shape index (κ1) is 22.8. The van der Waals surface area contributed by atoms with Gasteiger partial charge in [-0.25, -0.2) is 4.98 Å². The quantitative estimate of drug-likeness (QED) is 0.558. The van der Waals surface area contributed by atoms with Crippen LogP contribution in [0.5, 0.6) is 0 Å². The molecule has 0 radical (unpaired) electrons. The number of amides is 1. The zero-order valence-electron chi connectivity index (χ0n) is 18.9. The summed E-state index contributed by atoms with van der Waals surface area (Å²) >= 11 is 2.86. The lowest BCUT2D eigenvalue weighted by Gasteiger charge is -2.36. The number of aryl methyl sites for hydroxylation is 2. The summed E-state index contributed by atoms with van der Waals surface area (Å²) in [4.78, 5) is 18.6. The molecule has 1 N–H and O–H groups in total. The zero-order valence-corrected chi connectivity index (χ0v) is 20.5. The van der Waals surface area contributed by atoms with Crippen molar-refractivity contribution >= 4 is 34.0 Å². The summed E-state index contributed by atoms with van der Waals surface area (Å²) in [6, 6.07) is 6.47. The monoisotopic (exact) mass is 464 g/mol. The van der Waals surface area contributed by atoms with Gasteiger partial charge < -0.3 is 5.32 Å². The van der Waals surface area contributed by atoms with Gasteiger partial charge in [0.25, 0.3) is 0 Å². The Morgan fingerprint density at radius 3 is 2.84 bits per heavy atom. The van der Waals surface area contributed by atoms with Gasteiger partial charge in [-0.05, 0) is 67.1 Å². The van der Waals surface area contributed by atoms with E-state index in [1.54, 1.807) is 11.3 Å². The molecule has 7 heteroatoms. The number of fused-ring (bicyclic) bond motifs is 2. The maximum absolute atomic E-state index is 12.7. The lowest BCUT2D eigenvalue weighted by atomic mass is 9.69. The molecule has 5 nitrogen and oxygen atoms in total. The molecule has 0 bridgehead atoms. The van der Waals surface area contributed by atoms with E-state index in [-0.39, 0.29) is 17.1 Å². The van der Waals surface area contributed by atoms with Crippen LogP contribution in [0.1, 0.15) is 72.9 Å². The Kier molecular flexibility index (Phi) is 6.60. The van der Waals surface area contributed by atoms with E-state index in [2.05, 4.69) is 43.2 Å². The second-order valence-corrected chi connectivity index (χ2v) is 11.4. The molecule has 1 atom stereocenters. The van der Waals surface area contributed by atoms with Gasteiger partial charge in [0.1, 0.15) is 22.2 Å². The van der Waals surface area contributed by atoms with Crippen molar-refractivity contribution in [3.8, 4) is 12.1 Å². The minimum Gasteiger partial charge on any atom is -0.316 e. The van der Waals surface area contributed by atoms with E-state index in [1.807, 2.05) is 6.07 Å². The molecule has 32 heavy (non-hydrogen) atoms. The SMILES string of the molecule is CCC(C)(C)[C@H]1CCc2c(sc(NC(=O)CSc3nc4c(cc3C#N)CCC4)c2C#N)C1. The van der Waals surface area contributed by atoms with Gasteiger partial charge in [0, 0.05) is 10.6 Å². The topological polar surface area (TPSA) is 89.6 Å². The summed E-state index contributed by atoms with van der Waals surface area (Å²) in [5.74, 6) is 0.598. The Hall–Kier alpha value is -2.35. The summed E-state index contributed by atoms with van der Waals surface area (Å²) < 4.78 is 0. The number of thioether (sulfide) groups is 1. The maximum atomic E-state index is 12.7. The number of anilines is 1. The third-order valence-electron chi connectivity index (χ3n) is 7.12. The second-order valence-electron chi connectivity index (χ2n) is 9.35. The standard InChI is InChI=1S/C25H28N4OS2/c1-4-25(2,3)17-8-9-18-19(13-27)24(32-21(18)11-17)29-22(30)14-31-23-16(12-26)10-15-6-5-7-20(15)28-23/h10,17H,4-9,11,14H2,1-3H3,(H,29,30)/t17-/m0/s1. The van der Waals surface area contributed by atoms with E-state index in [0.717, 1.165) is 61.8 Å². The number of hydrogen-bond donors (Lipinski definition) is 1. The van der Waals surface area contributed by atoms with Gasteiger partial charge >= 0.3 is 0 Å². The molecule has 0 aromatic carbocycles. The molecule has 2 aliphatic carbocycles. The van der Waals surface area contributed by atoms with Crippen molar-refractivity contribution in [3.05, 3.63) is 38.9 Å². The molecule has 0 saturated carbocycles. The van der Waals surface area contributed by atoms with Gasteiger partial charge in [0.05, 0.1) is 16.9 Å². The maximum Gasteiger partial charge on any atom is 0.235 e. The Morgan fingerprint density at radius 1 is 1.31 bits per heavy atom. The number of nitriles is 2. The third-order valence-corrected chi connectivity index (χ3v) is 9.28. The lowest BCUT2D eigenvalue weighted by molar-refractivity contribution is -0.113. The number of pyridine rings is 1. The summed E-state index contributed by atoms with van der Waals surface area (Å²) in [7, 11) is 0. The highest BCUT2D eigenvalue weighted by Gasteiger charge is 2.34. The Balaban J connectivity index is 1.46. The van der Waals surface area contributed by atoms with Gasteiger partial charge in [-0.1, -0.05) is 39.0 Å². The zero-order chi connectivity index (χ0) is 22.9. The highest BCUT2D eigenvalue weighted by atomic mass is 32.2. The van der Waals surface area contributed by atoms with Gasteiger partial charge in [0.2, 0.25) is 5.91 Å². The largest absolute Gasteiger partial charge is 0.316 e. The number of nitrogens with one attached hydrogen (secondary N) is 1. The normalized spacial score (nSPS) is 17.2. The number of hydrogen-bond acceptors (Lipinski definition) is 6. The number of carbonyl (C=O) groups excluding carboxylic acids is 1. The molecule has 1 amide bonds. The summed E-state index contributed by atoms with van der Waals surface area (Å²) in [5.41, 5.74) is 4.77. The molecule has 2 aromatic heterocycles. The summed E-state index contributed by atoms with van der Waals surface area (Å²) in [6.07, 6.45) is 7.07. The van der Waals surface area contributed by atoms with E-state index in [9.17, 15) is 15.3 Å². The fourth-order valence-corrected chi connectivity index (χ4v) is 6.76. The van der Waals surface area contributed by atoms with Gasteiger partial charge in [-0.2, -0.15) is 10.5 Å². The van der Waals surface area contributed by atoms with Crippen molar-refractivity contribution < 1.29 is 4.79 Å². The van der Waals surface area contributed by atoms with Crippen molar-refractivity contribution in [3.63, 3.8) is 0 Å². The molecule has 0 aliphatic heterocycles. The van der Waals surface area contributed by atoms with Crippen molar-refractivity contribution in [1.82, 2.24) is 4.98 Å². The third kappa shape index (κ3) is 4.42. The average Bonchev–Trinajstić information content (AvgIpc) is 3.39. The van der Waals surface area contributed by atoms with Crippen LogP contribution in [0, 0.1) is 34.0 Å². The molecule has 2 aliphatic rings. The minimum absolute atomic E-state index is 0.165. The molecule has 4 rings (SSSR count). The van der Waals surface area contributed by atoms with Crippen LogP contribution in [0.3, 0.4) is 0 Å². The predicted molar refractivity (Wildman–Crippen MR) is 129 cm³/mol. The Morgan fingerprint density at radius 2 is 2.12 bits per heavy atom. The fourth-order valence-electron chi connectivity index (χ4n) is 4.69. The number of thiophene rings is 1. The summed E-state index contributed by atoms with van der Waals surface area (Å²) in [5, 5.41) is 23.5. The van der Waals surface area contributed by atoms with Crippen molar-refractivity contribution in [2.24, 2.45) is 11.3 Å².